The zero-order chi connectivity index (χ0) is 17.4. The highest BCUT2D eigenvalue weighted by molar-refractivity contribution is 7.11. The van der Waals surface area contributed by atoms with E-state index < -0.39 is 0 Å². The summed E-state index contributed by atoms with van der Waals surface area (Å²) in [7, 11) is 0. The van der Waals surface area contributed by atoms with Gasteiger partial charge in [-0.3, -0.25) is 4.79 Å². The number of aromatic nitrogens is 1. The maximum atomic E-state index is 13.3. The third kappa shape index (κ3) is 4.32. The number of thiazole rings is 1. The lowest BCUT2D eigenvalue weighted by Crippen LogP contribution is -2.49. The van der Waals surface area contributed by atoms with E-state index in [4.69, 9.17) is 0 Å². The Kier molecular flexibility index (Phi) is 7.31. The lowest BCUT2D eigenvalue weighted by molar-refractivity contribution is -0.132. The number of aryl methyl sites for hydroxylation is 2. The first-order chi connectivity index (χ1) is 12.1. The molecule has 1 amide bonds. The van der Waals surface area contributed by atoms with Gasteiger partial charge in [0, 0.05) is 17.0 Å². The molecule has 2 N–H and O–H groups in total. The maximum absolute atomic E-state index is 13.3. The highest BCUT2D eigenvalue weighted by Crippen LogP contribution is 2.46. The highest BCUT2D eigenvalue weighted by Gasteiger charge is 2.55. The third-order valence-electron chi connectivity index (χ3n) is 5.74. The molecule has 2 bridgehead atoms. The van der Waals surface area contributed by atoms with Gasteiger partial charge in [-0.05, 0) is 45.1 Å². The molecule has 2 saturated heterocycles. The molecule has 27 heavy (non-hydrogen) atoms. The molecule has 0 aliphatic carbocycles. The Labute approximate surface area is 177 Å². The molecule has 0 saturated carbocycles. The zero-order valence-corrected chi connectivity index (χ0v) is 18.1. The van der Waals surface area contributed by atoms with Crippen molar-refractivity contribution in [1.82, 2.24) is 15.6 Å². The van der Waals surface area contributed by atoms with Gasteiger partial charge in [0.1, 0.15) is 0 Å². The van der Waals surface area contributed by atoms with Crippen LogP contribution in [-0.2, 0) is 17.8 Å². The van der Waals surface area contributed by atoms with Crippen molar-refractivity contribution >= 4 is 42.1 Å². The molecule has 3 heterocycles. The monoisotopic (exact) mass is 427 g/mol. The van der Waals surface area contributed by atoms with Crippen molar-refractivity contribution in [2.45, 2.75) is 58.2 Å². The van der Waals surface area contributed by atoms with Gasteiger partial charge < -0.3 is 10.6 Å². The fraction of sp³-hybridized carbons (Fsp3) is 0.500. The average Bonchev–Trinajstić information content (AvgIpc) is 3.28. The van der Waals surface area contributed by atoms with Crippen LogP contribution in [0.3, 0.4) is 0 Å². The van der Waals surface area contributed by atoms with Crippen molar-refractivity contribution in [3.8, 4) is 0 Å². The van der Waals surface area contributed by atoms with Crippen LogP contribution in [0, 0.1) is 19.3 Å². The number of carbonyl (C=O) groups is 1. The minimum Gasteiger partial charge on any atom is -0.351 e. The van der Waals surface area contributed by atoms with Gasteiger partial charge >= 0.3 is 0 Å². The van der Waals surface area contributed by atoms with Crippen LogP contribution in [0.25, 0.3) is 0 Å². The van der Waals surface area contributed by atoms with Gasteiger partial charge in [0.05, 0.1) is 22.7 Å². The first-order valence-corrected chi connectivity index (χ1v) is 9.90. The Morgan fingerprint density at radius 3 is 2.56 bits per heavy atom. The van der Waals surface area contributed by atoms with Crippen molar-refractivity contribution in [1.29, 1.82) is 0 Å². The lowest BCUT2D eigenvalue weighted by atomic mass is 9.69. The highest BCUT2D eigenvalue weighted by atomic mass is 35.5. The lowest BCUT2D eigenvalue weighted by Gasteiger charge is -2.35. The minimum absolute atomic E-state index is 0. The molecular weight excluding hydrogens is 401 g/mol. The molecule has 2 aromatic rings. The number of hydrogen-bond donors (Lipinski definition) is 2. The molecule has 0 spiro atoms. The molecule has 148 valence electrons. The first kappa shape index (κ1) is 22.2. The largest absolute Gasteiger partial charge is 0.351 e. The summed E-state index contributed by atoms with van der Waals surface area (Å²) in [5, 5.41) is 7.95. The van der Waals surface area contributed by atoms with E-state index in [2.05, 4.69) is 39.9 Å². The molecule has 7 heteroatoms. The van der Waals surface area contributed by atoms with Crippen molar-refractivity contribution in [3.05, 3.63) is 51.5 Å². The topological polar surface area (TPSA) is 54.0 Å². The van der Waals surface area contributed by atoms with E-state index in [-0.39, 0.29) is 36.1 Å². The second-order valence-corrected chi connectivity index (χ2v) is 8.73. The first-order valence-electron chi connectivity index (χ1n) is 9.08. The second kappa shape index (κ2) is 8.91. The van der Waals surface area contributed by atoms with Gasteiger partial charge in [-0.25, -0.2) is 4.98 Å². The van der Waals surface area contributed by atoms with Gasteiger partial charge in [-0.2, -0.15) is 0 Å². The summed E-state index contributed by atoms with van der Waals surface area (Å²) in [6.45, 7) is 4.62. The Morgan fingerprint density at radius 2 is 2.00 bits per heavy atom. The molecule has 0 unspecified atom stereocenters. The minimum atomic E-state index is -0.322. The summed E-state index contributed by atoms with van der Waals surface area (Å²) in [6.07, 6.45) is 4.05. The van der Waals surface area contributed by atoms with E-state index in [1.807, 2.05) is 19.9 Å². The molecule has 4 rings (SSSR count). The molecule has 2 fully saturated rings. The Bertz CT molecular complexity index is 783. The molecule has 1 aromatic carbocycles. The van der Waals surface area contributed by atoms with Crippen LogP contribution < -0.4 is 10.6 Å². The van der Waals surface area contributed by atoms with E-state index in [0.717, 1.165) is 34.8 Å². The number of nitrogens with zero attached hydrogens (tertiary/aromatic N) is 1. The summed E-state index contributed by atoms with van der Waals surface area (Å²) >= 11 is 1.68. The molecule has 4 nitrogen and oxygen atoms in total. The summed E-state index contributed by atoms with van der Waals surface area (Å²) < 4.78 is 0. The van der Waals surface area contributed by atoms with E-state index in [1.165, 1.54) is 12.0 Å². The number of rotatable bonds is 5. The van der Waals surface area contributed by atoms with Crippen LogP contribution in [0.15, 0.2) is 30.3 Å². The predicted molar refractivity (Wildman–Crippen MR) is 115 cm³/mol. The van der Waals surface area contributed by atoms with E-state index >= 15 is 0 Å². The Hall–Kier alpha value is -1.14. The molecule has 0 radical (unpaired) electrons. The van der Waals surface area contributed by atoms with Gasteiger partial charge in [0.25, 0.3) is 0 Å². The van der Waals surface area contributed by atoms with Crippen LogP contribution in [0.2, 0.25) is 0 Å². The van der Waals surface area contributed by atoms with Crippen LogP contribution in [-0.4, -0.2) is 23.0 Å². The van der Waals surface area contributed by atoms with Crippen molar-refractivity contribution in [2.75, 3.05) is 0 Å². The number of nitrogens with one attached hydrogen (secondary N) is 2. The summed E-state index contributed by atoms with van der Waals surface area (Å²) in [6, 6.07) is 11.2. The summed E-state index contributed by atoms with van der Waals surface area (Å²) in [5.74, 6) is 0.196. The zero-order valence-electron chi connectivity index (χ0n) is 15.7. The van der Waals surface area contributed by atoms with E-state index in [0.29, 0.717) is 18.6 Å². The quantitative estimate of drug-likeness (QED) is 0.758. The van der Waals surface area contributed by atoms with Gasteiger partial charge in [-0.1, -0.05) is 30.3 Å². The number of carbonyl (C=O) groups excluding carboxylic acids is 1. The number of fused-ring (bicyclic) bond motifs is 2. The molecule has 2 aliphatic heterocycles. The van der Waals surface area contributed by atoms with Gasteiger partial charge in [0.2, 0.25) is 5.91 Å². The van der Waals surface area contributed by atoms with Crippen LogP contribution in [0.1, 0.15) is 40.4 Å². The number of benzene rings is 1. The Morgan fingerprint density at radius 1 is 1.26 bits per heavy atom. The fourth-order valence-electron chi connectivity index (χ4n) is 4.56. The van der Waals surface area contributed by atoms with Gasteiger partial charge in [0.15, 0.2) is 0 Å². The number of hydrogen-bond acceptors (Lipinski definition) is 4. The number of halogens is 2. The summed E-state index contributed by atoms with van der Waals surface area (Å²) in [4.78, 5) is 18.9. The predicted octanol–water partition coefficient (Wildman–Crippen LogP) is 3.97. The molecule has 3 atom stereocenters. The van der Waals surface area contributed by atoms with Crippen molar-refractivity contribution in [3.63, 3.8) is 0 Å². The summed E-state index contributed by atoms with van der Waals surface area (Å²) in [5.41, 5.74) is 1.96. The van der Waals surface area contributed by atoms with Crippen LogP contribution in [0.5, 0.6) is 0 Å². The van der Waals surface area contributed by atoms with Crippen molar-refractivity contribution < 1.29 is 4.79 Å². The molecule has 1 aromatic heterocycles. The van der Waals surface area contributed by atoms with Gasteiger partial charge in [-0.15, -0.1) is 36.2 Å². The van der Waals surface area contributed by atoms with Crippen LogP contribution in [0.4, 0.5) is 0 Å². The van der Waals surface area contributed by atoms with Crippen molar-refractivity contribution in [2.24, 2.45) is 5.41 Å². The standard InChI is InChI=1S/C20H25N3OS.2ClH/c1-13-17(25-14(2)22-13)12-21-19(24)20(10-15-6-4-3-5-7-15)11-16-8-9-18(20)23-16;;/h3-7,16,18,23H,8-12H2,1-2H3,(H,21,24);2*1H/t16-,18+,20+;;/m0../s1. The SMILES string of the molecule is Cc1nc(C)c(CNC(=O)[C@]2(Cc3ccccc3)C[C@@H]3CC[C@H]2N3)s1.Cl.Cl. The fourth-order valence-corrected chi connectivity index (χ4v) is 5.44. The number of amides is 1. The third-order valence-corrected chi connectivity index (χ3v) is 6.81. The molecular formula is C20H27Cl2N3OS. The normalized spacial score (nSPS) is 25.6. The van der Waals surface area contributed by atoms with Crippen LogP contribution >= 0.6 is 36.2 Å². The molecule has 2 aliphatic rings. The Balaban J connectivity index is 0.00000131. The van der Waals surface area contributed by atoms with E-state index in [1.54, 1.807) is 11.3 Å². The average molecular weight is 428 g/mol. The van der Waals surface area contributed by atoms with E-state index in [9.17, 15) is 4.79 Å². The maximum Gasteiger partial charge on any atom is 0.228 e. The second-order valence-electron chi connectivity index (χ2n) is 7.44. The smallest absolute Gasteiger partial charge is 0.228 e.